The van der Waals surface area contributed by atoms with Crippen LogP contribution in [0.4, 0.5) is 11.4 Å². The van der Waals surface area contributed by atoms with Gasteiger partial charge in [0.05, 0.1) is 29.5 Å². The molecular formula is C23H24Br2N4O2. The van der Waals surface area contributed by atoms with Crippen molar-refractivity contribution in [2.75, 3.05) is 30.5 Å². The summed E-state index contributed by atoms with van der Waals surface area (Å²) < 4.78 is 8.09. The van der Waals surface area contributed by atoms with Crippen LogP contribution in [0, 0.1) is 0 Å². The zero-order chi connectivity index (χ0) is 22.1. The van der Waals surface area contributed by atoms with E-state index in [1.54, 1.807) is 6.92 Å². The van der Waals surface area contributed by atoms with Crippen LogP contribution in [-0.4, -0.2) is 41.3 Å². The smallest absolute Gasteiger partial charge is 0.159 e. The zero-order valence-electron chi connectivity index (χ0n) is 17.7. The van der Waals surface area contributed by atoms with Crippen molar-refractivity contribution in [2.45, 2.75) is 32.4 Å². The first kappa shape index (κ1) is 21.0. The van der Waals surface area contributed by atoms with Gasteiger partial charge >= 0.3 is 0 Å². The highest BCUT2D eigenvalue weighted by Crippen LogP contribution is 2.54. The average Bonchev–Trinajstić information content (AvgIpc) is 3.17. The van der Waals surface area contributed by atoms with Gasteiger partial charge in [-0.05, 0) is 88.5 Å². The van der Waals surface area contributed by atoms with Gasteiger partial charge in [0.25, 0.3) is 0 Å². The van der Waals surface area contributed by atoms with Crippen molar-refractivity contribution in [3.05, 3.63) is 62.1 Å². The maximum atomic E-state index is 11.6. The van der Waals surface area contributed by atoms with Gasteiger partial charge in [-0.25, -0.2) is 10.0 Å². The van der Waals surface area contributed by atoms with Crippen LogP contribution < -0.4 is 15.4 Å². The second kappa shape index (κ2) is 7.33. The molecule has 0 bridgehead atoms. The first-order chi connectivity index (χ1) is 14.7. The van der Waals surface area contributed by atoms with Crippen molar-refractivity contribution in [1.29, 1.82) is 0 Å². The summed E-state index contributed by atoms with van der Waals surface area (Å²) in [7, 11) is 0. The highest BCUT2D eigenvalue weighted by Gasteiger charge is 2.48. The number of nitrogens with two attached hydrogens (primary N) is 1. The zero-order valence-corrected chi connectivity index (χ0v) is 20.8. The fourth-order valence-electron chi connectivity index (χ4n) is 4.70. The van der Waals surface area contributed by atoms with E-state index in [0.717, 1.165) is 51.4 Å². The highest BCUT2D eigenvalue weighted by atomic mass is 79.9. The summed E-state index contributed by atoms with van der Waals surface area (Å²) in [5.74, 6) is 0.887. The number of fused-ring (bicyclic) bond motifs is 5. The topological polar surface area (TPSA) is 62.0 Å². The number of Topliss-reactive ketones (excluding diaryl/α,β-unsaturated/α-hetero) is 1. The first-order valence-electron chi connectivity index (χ1n) is 10.2. The third-order valence-electron chi connectivity index (χ3n) is 6.35. The summed E-state index contributed by atoms with van der Waals surface area (Å²) in [5.41, 5.74) is 10.6. The fraction of sp³-hybridized carbons (Fsp3) is 0.348. The van der Waals surface area contributed by atoms with Crippen LogP contribution in [-0.2, 0) is 0 Å². The van der Waals surface area contributed by atoms with Gasteiger partial charge < -0.3 is 15.4 Å². The molecule has 31 heavy (non-hydrogen) atoms. The van der Waals surface area contributed by atoms with Crippen molar-refractivity contribution in [1.82, 2.24) is 10.0 Å². The summed E-state index contributed by atoms with van der Waals surface area (Å²) in [5, 5.41) is 4.77. The van der Waals surface area contributed by atoms with E-state index >= 15 is 0 Å². The van der Waals surface area contributed by atoms with Gasteiger partial charge in [0.1, 0.15) is 11.4 Å². The Balaban J connectivity index is 1.54. The fourth-order valence-corrected chi connectivity index (χ4v) is 5.93. The number of carbonyl (C=O) groups is 1. The lowest BCUT2D eigenvalue weighted by Gasteiger charge is -2.48. The molecule has 0 saturated carbocycles. The molecule has 0 spiro atoms. The van der Waals surface area contributed by atoms with E-state index in [9.17, 15) is 4.79 Å². The lowest BCUT2D eigenvalue weighted by molar-refractivity contribution is -0.0298. The molecule has 2 aromatic rings. The highest BCUT2D eigenvalue weighted by molar-refractivity contribution is 9.11. The quantitative estimate of drug-likeness (QED) is 0.320. The Morgan fingerprint density at radius 1 is 1.19 bits per heavy atom. The maximum absolute atomic E-state index is 11.6. The Labute approximate surface area is 198 Å². The Morgan fingerprint density at radius 3 is 2.58 bits per heavy atom. The van der Waals surface area contributed by atoms with Crippen LogP contribution in [0.25, 0.3) is 0 Å². The molecule has 2 aromatic carbocycles. The molecular weight excluding hydrogens is 524 g/mol. The predicted octanol–water partition coefficient (Wildman–Crippen LogP) is 5.10. The van der Waals surface area contributed by atoms with Crippen molar-refractivity contribution in [2.24, 2.45) is 0 Å². The lowest BCUT2D eigenvalue weighted by atomic mass is 9.82. The number of rotatable bonds is 2. The Hall–Kier alpha value is -1.87. The standard InChI is InChI=1S/C23H24Br2N4O2/c1-13(30)14-4-6-15(7-5-14)27-11-28-9-8-17-21(29(28)12-27)16-10-18(24)20(26)19(25)22(16)31-23(17,2)3/h4-8,10,21H,9,11-12,26H2,1-3H3. The molecule has 162 valence electrons. The summed E-state index contributed by atoms with van der Waals surface area (Å²) in [4.78, 5) is 14.0. The van der Waals surface area contributed by atoms with E-state index in [-0.39, 0.29) is 11.8 Å². The molecule has 1 atom stereocenters. The van der Waals surface area contributed by atoms with Gasteiger partial charge in [-0.1, -0.05) is 6.08 Å². The Bertz CT molecular complexity index is 1110. The van der Waals surface area contributed by atoms with Crippen molar-refractivity contribution >= 4 is 49.0 Å². The minimum absolute atomic E-state index is 0.0576. The van der Waals surface area contributed by atoms with Crippen LogP contribution in [0.3, 0.4) is 0 Å². The van der Waals surface area contributed by atoms with Gasteiger partial charge in [-0.15, -0.1) is 0 Å². The molecule has 2 N–H and O–H groups in total. The average molecular weight is 548 g/mol. The first-order valence-corrected chi connectivity index (χ1v) is 11.8. The monoisotopic (exact) mass is 546 g/mol. The van der Waals surface area contributed by atoms with Crippen LogP contribution in [0.1, 0.15) is 42.7 Å². The largest absolute Gasteiger partial charge is 0.482 e. The van der Waals surface area contributed by atoms with Crippen molar-refractivity contribution < 1.29 is 9.53 Å². The molecule has 5 rings (SSSR count). The number of anilines is 2. The number of nitrogen functional groups attached to an aromatic ring is 1. The van der Waals surface area contributed by atoms with Gasteiger partial charge in [-0.2, -0.15) is 0 Å². The molecule has 8 heteroatoms. The molecule has 0 amide bonds. The van der Waals surface area contributed by atoms with Crippen molar-refractivity contribution in [3.8, 4) is 5.75 Å². The van der Waals surface area contributed by atoms with Crippen LogP contribution in [0.2, 0.25) is 0 Å². The normalized spacial score (nSPS) is 22.3. The molecule has 1 fully saturated rings. The third-order valence-corrected chi connectivity index (χ3v) is 7.79. The van der Waals surface area contributed by atoms with Gasteiger partial charge in [0, 0.05) is 27.8 Å². The van der Waals surface area contributed by atoms with Crippen LogP contribution in [0.5, 0.6) is 5.75 Å². The Morgan fingerprint density at radius 2 is 1.90 bits per heavy atom. The van der Waals surface area contributed by atoms with E-state index in [4.69, 9.17) is 10.5 Å². The molecule has 0 radical (unpaired) electrons. The molecule has 3 aliphatic rings. The summed E-state index contributed by atoms with van der Waals surface area (Å²) in [6, 6.07) is 10.00. The number of carbonyl (C=O) groups excluding carboxylic acids is 1. The number of benzene rings is 2. The number of hydrogen-bond donors (Lipinski definition) is 1. The SMILES string of the molecule is CC(=O)c1ccc(N2CN3CC=C4C(c5cc(Br)c(N)c(Br)c5OC4(C)C)N3C2)cc1. The minimum atomic E-state index is -0.441. The number of hydrogen-bond acceptors (Lipinski definition) is 6. The maximum Gasteiger partial charge on any atom is 0.159 e. The number of ether oxygens (including phenoxy) is 1. The van der Waals surface area contributed by atoms with E-state index in [1.807, 2.05) is 24.3 Å². The van der Waals surface area contributed by atoms with Crippen LogP contribution in [0.15, 0.2) is 50.9 Å². The summed E-state index contributed by atoms with van der Waals surface area (Å²) in [6.07, 6.45) is 2.30. The lowest BCUT2D eigenvalue weighted by Crippen LogP contribution is -2.51. The summed E-state index contributed by atoms with van der Waals surface area (Å²) >= 11 is 7.26. The molecule has 0 aromatic heterocycles. The van der Waals surface area contributed by atoms with E-state index in [0.29, 0.717) is 5.69 Å². The van der Waals surface area contributed by atoms with E-state index in [1.165, 1.54) is 5.57 Å². The Kier molecular flexibility index (Phi) is 4.97. The molecule has 1 saturated heterocycles. The van der Waals surface area contributed by atoms with Crippen molar-refractivity contribution in [3.63, 3.8) is 0 Å². The number of nitrogens with zero attached hydrogens (tertiary/aromatic N) is 3. The molecule has 3 heterocycles. The van der Waals surface area contributed by atoms with Gasteiger partial charge in [0.2, 0.25) is 0 Å². The molecule has 6 nitrogen and oxygen atoms in total. The molecule has 0 aliphatic carbocycles. The van der Waals surface area contributed by atoms with Crippen LogP contribution >= 0.6 is 31.9 Å². The van der Waals surface area contributed by atoms with E-state index in [2.05, 4.69) is 72.8 Å². The third kappa shape index (κ3) is 3.31. The second-order valence-electron chi connectivity index (χ2n) is 8.73. The van der Waals surface area contributed by atoms with E-state index < -0.39 is 5.60 Å². The molecule has 1 unspecified atom stereocenters. The number of halogens is 2. The van der Waals surface area contributed by atoms with Gasteiger partial charge in [0.15, 0.2) is 5.78 Å². The predicted molar refractivity (Wildman–Crippen MR) is 129 cm³/mol. The number of ketones is 1. The molecule has 3 aliphatic heterocycles. The number of hydrazine groups is 1. The van der Waals surface area contributed by atoms with Gasteiger partial charge in [-0.3, -0.25) is 4.79 Å². The minimum Gasteiger partial charge on any atom is -0.482 e. The second-order valence-corrected chi connectivity index (χ2v) is 10.4. The summed E-state index contributed by atoms with van der Waals surface area (Å²) in [6.45, 7) is 8.18.